The molecule has 1 heterocycles. The molecule has 5 nitrogen and oxygen atoms in total. The van der Waals surface area contributed by atoms with Crippen LogP contribution in [0, 0.1) is 0 Å². The van der Waals surface area contributed by atoms with Crippen LogP contribution in [-0.4, -0.2) is 29.7 Å². The molecule has 0 spiro atoms. The zero-order valence-corrected chi connectivity index (χ0v) is 16.5. The SMILES string of the molecule is CCCCCCCCCCOCC(=O)Oc1cn(C(C)=O)c2ccccc12. The molecule has 148 valence electrons. The molecule has 0 atom stereocenters. The summed E-state index contributed by atoms with van der Waals surface area (Å²) in [7, 11) is 0. The second-order valence-corrected chi connectivity index (χ2v) is 6.90. The highest BCUT2D eigenvalue weighted by molar-refractivity contribution is 5.96. The van der Waals surface area contributed by atoms with E-state index in [1.54, 1.807) is 6.20 Å². The number of hydrogen-bond acceptors (Lipinski definition) is 4. The van der Waals surface area contributed by atoms with Gasteiger partial charge in [0, 0.05) is 18.9 Å². The molecule has 1 aromatic heterocycles. The summed E-state index contributed by atoms with van der Waals surface area (Å²) in [6.45, 7) is 4.20. The standard InChI is InChI=1S/C22H31NO4/c1-3-4-5-6-7-8-9-12-15-26-17-22(25)27-21-16-23(18(2)24)20-14-11-10-13-19(20)21/h10-11,13-14,16H,3-9,12,15,17H2,1-2H3. The number of hydrogen-bond donors (Lipinski definition) is 0. The lowest BCUT2D eigenvalue weighted by atomic mass is 10.1. The lowest BCUT2D eigenvalue weighted by Crippen LogP contribution is -2.16. The Morgan fingerprint density at radius 3 is 2.33 bits per heavy atom. The first-order chi connectivity index (χ1) is 13.1. The van der Waals surface area contributed by atoms with Gasteiger partial charge in [0.05, 0.1) is 11.7 Å². The van der Waals surface area contributed by atoms with Gasteiger partial charge in [-0.1, -0.05) is 64.0 Å². The molecule has 0 fully saturated rings. The Balaban J connectivity index is 1.68. The fourth-order valence-electron chi connectivity index (χ4n) is 3.14. The number of unbranched alkanes of at least 4 members (excludes halogenated alkanes) is 7. The molecule has 0 bridgehead atoms. The molecule has 2 aromatic rings. The molecule has 0 saturated carbocycles. The van der Waals surface area contributed by atoms with E-state index in [2.05, 4.69) is 6.92 Å². The minimum absolute atomic E-state index is 0.0733. The van der Waals surface area contributed by atoms with Crippen LogP contribution in [0.5, 0.6) is 5.75 Å². The van der Waals surface area contributed by atoms with E-state index in [1.165, 1.54) is 50.0 Å². The van der Waals surface area contributed by atoms with E-state index >= 15 is 0 Å². The molecular weight excluding hydrogens is 342 g/mol. The average Bonchev–Trinajstić information content (AvgIpc) is 3.02. The zero-order chi connectivity index (χ0) is 19.5. The van der Waals surface area contributed by atoms with E-state index in [1.807, 2.05) is 24.3 Å². The smallest absolute Gasteiger partial charge is 0.337 e. The molecule has 0 aliphatic heterocycles. The Morgan fingerprint density at radius 2 is 1.63 bits per heavy atom. The van der Waals surface area contributed by atoms with Gasteiger partial charge in [-0.15, -0.1) is 0 Å². The van der Waals surface area contributed by atoms with Gasteiger partial charge in [0.15, 0.2) is 5.75 Å². The number of nitrogens with zero attached hydrogens (tertiary/aromatic N) is 1. The maximum absolute atomic E-state index is 12.0. The molecule has 0 aliphatic carbocycles. The van der Waals surface area contributed by atoms with E-state index in [9.17, 15) is 9.59 Å². The van der Waals surface area contributed by atoms with Gasteiger partial charge in [-0.2, -0.15) is 0 Å². The number of carbonyl (C=O) groups is 2. The summed E-state index contributed by atoms with van der Waals surface area (Å²) < 4.78 is 12.3. The molecule has 0 saturated heterocycles. The topological polar surface area (TPSA) is 57.5 Å². The summed E-state index contributed by atoms with van der Waals surface area (Å²) in [4.78, 5) is 23.8. The number of carbonyl (C=O) groups excluding carboxylic acids is 2. The van der Waals surface area contributed by atoms with Crippen LogP contribution >= 0.6 is 0 Å². The molecule has 1 aromatic carbocycles. The number of rotatable bonds is 12. The van der Waals surface area contributed by atoms with Crippen molar-refractivity contribution in [2.45, 2.75) is 65.2 Å². The van der Waals surface area contributed by atoms with Crippen molar-refractivity contribution in [3.63, 3.8) is 0 Å². The average molecular weight is 373 g/mol. The summed E-state index contributed by atoms with van der Waals surface area (Å²) in [6.07, 6.45) is 11.4. The van der Waals surface area contributed by atoms with Gasteiger partial charge >= 0.3 is 5.97 Å². The van der Waals surface area contributed by atoms with Crippen LogP contribution in [0.15, 0.2) is 30.5 Å². The van der Waals surface area contributed by atoms with Crippen molar-refractivity contribution in [3.8, 4) is 5.75 Å². The van der Waals surface area contributed by atoms with Crippen LogP contribution in [-0.2, 0) is 9.53 Å². The first kappa shape index (κ1) is 21.2. The predicted molar refractivity (Wildman–Crippen MR) is 107 cm³/mol. The molecule has 0 aliphatic rings. The molecule has 5 heteroatoms. The van der Waals surface area contributed by atoms with Crippen LogP contribution < -0.4 is 4.74 Å². The van der Waals surface area contributed by atoms with Crippen LogP contribution in [0.2, 0.25) is 0 Å². The minimum Gasteiger partial charge on any atom is -0.423 e. The highest BCUT2D eigenvalue weighted by atomic mass is 16.6. The van der Waals surface area contributed by atoms with Crippen molar-refractivity contribution in [2.24, 2.45) is 0 Å². The van der Waals surface area contributed by atoms with Crippen molar-refractivity contribution in [3.05, 3.63) is 30.5 Å². The van der Waals surface area contributed by atoms with Crippen LogP contribution in [0.25, 0.3) is 10.9 Å². The highest BCUT2D eigenvalue weighted by Crippen LogP contribution is 2.28. The third-order valence-electron chi connectivity index (χ3n) is 4.60. The maximum Gasteiger partial charge on any atom is 0.337 e. The molecule has 0 amide bonds. The Labute approximate surface area is 161 Å². The zero-order valence-electron chi connectivity index (χ0n) is 16.5. The lowest BCUT2D eigenvalue weighted by molar-refractivity contribution is -0.139. The largest absolute Gasteiger partial charge is 0.423 e. The van der Waals surface area contributed by atoms with Crippen LogP contribution in [0.1, 0.15) is 70.0 Å². The molecule has 2 rings (SSSR count). The number of aromatic nitrogens is 1. The van der Waals surface area contributed by atoms with E-state index in [0.29, 0.717) is 12.4 Å². The Bertz CT molecular complexity index is 735. The normalized spacial score (nSPS) is 11.0. The van der Waals surface area contributed by atoms with Gasteiger partial charge in [-0.05, 0) is 18.6 Å². The third-order valence-corrected chi connectivity index (χ3v) is 4.60. The minimum atomic E-state index is -0.443. The summed E-state index contributed by atoms with van der Waals surface area (Å²) >= 11 is 0. The van der Waals surface area contributed by atoms with Gasteiger partial charge < -0.3 is 9.47 Å². The van der Waals surface area contributed by atoms with Crippen molar-refractivity contribution in [1.29, 1.82) is 0 Å². The second-order valence-electron chi connectivity index (χ2n) is 6.90. The van der Waals surface area contributed by atoms with Crippen molar-refractivity contribution in [2.75, 3.05) is 13.2 Å². The number of esters is 1. The van der Waals surface area contributed by atoms with Crippen LogP contribution in [0.3, 0.4) is 0 Å². The second kappa shape index (κ2) is 11.5. The quantitative estimate of drug-likeness (QED) is 0.371. The lowest BCUT2D eigenvalue weighted by Gasteiger charge is -2.05. The summed E-state index contributed by atoms with van der Waals surface area (Å²) in [5.41, 5.74) is 0.729. The Kier molecular flexibility index (Phi) is 9.05. The van der Waals surface area contributed by atoms with Crippen molar-refractivity contribution in [1.82, 2.24) is 4.57 Å². The fraction of sp³-hybridized carbons (Fsp3) is 0.545. The number of benzene rings is 1. The fourth-order valence-corrected chi connectivity index (χ4v) is 3.14. The van der Waals surface area contributed by atoms with Crippen molar-refractivity contribution >= 4 is 22.8 Å². The molecule has 0 N–H and O–H groups in total. The Hall–Kier alpha value is -2.14. The number of fused-ring (bicyclic) bond motifs is 1. The molecule has 27 heavy (non-hydrogen) atoms. The van der Waals surface area contributed by atoms with Gasteiger partial charge in [0.1, 0.15) is 6.61 Å². The van der Waals surface area contributed by atoms with E-state index in [4.69, 9.17) is 9.47 Å². The first-order valence-electron chi connectivity index (χ1n) is 10.0. The monoisotopic (exact) mass is 373 g/mol. The molecule has 0 unspecified atom stereocenters. The van der Waals surface area contributed by atoms with E-state index in [0.717, 1.165) is 23.7 Å². The van der Waals surface area contributed by atoms with Gasteiger partial charge in [0.2, 0.25) is 5.91 Å². The van der Waals surface area contributed by atoms with E-state index in [-0.39, 0.29) is 12.5 Å². The van der Waals surface area contributed by atoms with Crippen LogP contribution in [0.4, 0.5) is 0 Å². The van der Waals surface area contributed by atoms with Gasteiger partial charge in [0.25, 0.3) is 0 Å². The highest BCUT2D eigenvalue weighted by Gasteiger charge is 2.14. The van der Waals surface area contributed by atoms with E-state index < -0.39 is 5.97 Å². The number of ether oxygens (including phenoxy) is 2. The summed E-state index contributed by atoms with van der Waals surface area (Å²) in [5, 5.41) is 0.740. The third kappa shape index (κ3) is 6.83. The van der Waals surface area contributed by atoms with Gasteiger partial charge in [-0.3, -0.25) is 9.36 Å². The Morgan fingerprint density at radius 1 is 0.963 bits per heavy atom. The molecule has 0 radical (unpaired) electrons. The number of para-hydroxylation sites is 1. The first-order valence-corrected chi connectivity index (χ1v) is 10.0. The summed E-state index contributed by atoms with van der Waals surface area (Å²) in [5.74, 6) is -0.179. The van der Waals surface area contributed by atoms with Gasteiger partial charge in [-0.25, -0.2) is 4.79 Å². The van der Waals surface area contributed by atoms with Crippen molar-refractivity contribution < 1.29 is 19.1 Å². The summed E-state index contributed by atoms with van der Waals surface area (Å²) in [6, 6.07) is 7.36. The predicted octanol–water partition coefficient (Wildman–Crippen LogP) is 5.36. The molecular formula is C22H31NO4. The maximum atomic E-state index is 12.0.